The van der Waals surface area contributed by atoms with Crippen LogP contribution in [0.2, 0.25) is 0 Å². The zero-order chi connectivity index (χ0) is 21.5. The monoisotopic (exact) mass is 429 g/mol. The lowest BCUT2D eigenvalue weighted by molar-refractivity contribution is -0.116. The summed E-state index contributed by atoms with van der Waals surface area (Å²) in [5.41, 5.74) is 3.00. The molecule has 1 aromatic carbocycles. The third-order valence-corrected chi connectivity index (χ3v) is 6.57. The molecule has 0 unspecified atom stereocenters. The average molecular weight is 430 g/mol. The number of amides is 1. The van der Waals surface area contributed by atoms with Crippen LogP contribution in [0.5, 0.6) is 5.75 Å². The predicted octanol–water partition coefficient (Wildman–Crippen LogP) is 6.21. The largest absolute Gasteiger partial charge is 0.496 e. The summed E-state index contributed by atoms with van der Waals surface area (Å²) in [7, 11) is 1.61. The van der Waals surface area contributed by atoms with Gasteiger partial charge in [0, 0.05) is 22.9 Å². The highest BCUT2D eigenvalue weighted by Gasteiger charge is 2.25. The maximum atomic E-state index is 12.8. The van der Waals surface area contributed by atoms with Gasteiger partial charge in [0.2, 0.25) is 5.91 Å². The lowest BCUT2D eigenvalue weighted by Crippen LogP contribution is -2.16. The van der Waals surface area contributed by atoms with Gasteiger partial charge >= 0.3 is 5.97 Å². The van der Waals surface area contributed by atoms with E-state index in [9.17, 15) is 9.59 Å². The molecule has 1 aliphatic carbocycles. The van der Waals surface area contributed by atoms with Crippen LogP contribution in [0.4, 0.5) is 5.00 Å². The van der Waals surface area contributed by atoms with Crippen molar-refractivity contribution in [2.75, 3.05) is 19.0 Å². The molecule has 1 aliphatic rings. The Bertz CT molecular complexity index is 883. The van der Waals surface area contributed by atoms with Gasteiger partial charge in [-0.15, -0.1) is 11.3 Å². The second kappa shape index (κ2) is 10.6. The van der Waals surface area contributed by atoms with Gasteiger partial charge in [-0.3, -0.25) is 4.79 Å². The van der Waals surface area contributed by atoms with Gasteiger partial charge in [0.25, 0.3) is 0 Å². The Morgan fingerprint density at radius 1 is 1.17 bits per heavy atom. The summed E-state index contributed by atoms with van der Waals surface area (Å²) in [5.74, 6) is 0.847. The molecule has 1 aromatic heterocycles. The molecule has 1 amide bonds. The van der Waals surface area contributed by atoms with Crippen molar-refractivity contribution in [1.29, 1.82) is 0 Å². The molecule has 5 nitrogen and oxygen atoms in total. The number of aryl methyl sites for hydroxylation is 1. The van der Waals surface area contributed by atoms with Crippen LogP contribution in [0.3, 0.4) is 0 Å². The lowest BCUT2D eigenvalue weighted by Gasteiger charge is -2.21. The third-order valence-electron chi connectivity index (χ3n) is 5.67. The number of ether oxygens (including phenoxy) is 2. The van der Waals surface area contributed by atoms with Crippen LogP contribution in [0, 0.1) is 12.8 Å². The smallest absolute Gasteiger partial charge is 0.341 e. The van der Waals surface area contributed by atoms with E-state index in [1.54, 1.807) is 14.0 Å². The van der Waals surface area contributed by atoms with Gasteiger partial charge in [-0.2, -0.15) is 0 Å². The zero-order valence-corrected chi connectivity index (χ0v) is 18.9. The number of rotatable bonds is 8. The van der Waals surface area contributed by atoms with E-state index in [2.05, 4.69) is 5.32 Å². The summed E-state index contributed by atoms with van der Waals surface area (Å²) in [6.07, 6.45) is 7.68. The number of benzene rings is 1. The molecule has 2 aromatic rings. The van der Waals surface area contributed by atoms with E-state index >= 15 is 0 Å². The van der Waals surface area contributed by atoms with E-state index in [4.69, 9.17) is 9.47 Å². The molecule has 0 spiro atoms. The first-order valence-electron chi connectivity index (χ1n) is 10.8. The minimum atomic E-state index is -0.431. The first-order valence-corrected chi connectivity index (χ1v) is 11.6. The summed E-state index contributed by atoms with van der Waals surface area (Å²) in [5, 5.41) is 5.40. The van der Waals surface area contributed by atoms with Gasteiger partial charge in [0.15, 0.2) is 0 Å². The number of methoxy groups -OCH3 is 1. The molecule has 1 saturated carbocycles. The van der Waals surface area contributed by atoms with Crippen molar-refractivity contribution in [2.24, 2.45) is 5.92 Å². The molecule has 0 aliphatic heterocycles. The van der Waals surface area contributed by atoms with Crippen LogP contribution < -0.4 is 10.1 Å². The SMILES string of the molecule is CCOC(=O)c1c(-c2cc(C)ccc2OC)csc1NC(=O)CCC1CCCCC1. The average Bonchev–Trinajstić information content (AvgIpc) is 3.16. The van der Waals surface area contributed by atoms with Crippen LogP contribution in [-0.2, 0) is 9.53 Å². The fourth-order valence-electron chi connectivity index (χ4n) is 4.09. The van der Waals surface area contributed by atoms with E-state index in [1.807, 2.05) is 30.5 Å². The number of carbonyl (C=O) groups excluding carboxylic acids is 2. The first kappa shape index (κ1) is 22.3. The zero-order valence-electron chi connectivity index (χ0n) is 18.1. The van der Waals surface area contributed by atoms with Crippen LogP contribution in [0.15, 0.2) is 23.6 Å². The van der Waals surface area contributed by atoms with Crippen molar-refractivity contribution in [3.63, 3.8) is 0 Å². The van der Waals surface area contributed by atoms with E-state index in [0.29, 0.717) is 28.7 Å². The Morgan fingerprint density at radius 3 is 2.63 bits per heavy atom. The molecule has 0 atom stereocenters. The number of nitrogens with one attached hydrogen (secondary N) is 1. The second-order valence-corrected chi connectivity index (χ2v) is 8.75. The van der Waals surface area contributed by atoms with Gasteiger partial charge in [0.1, 0.15) is 16.3 Å². The number of hydrogen-bond acceptors (Lipinski definition) is 5. The van der Waals surface area contributed by atoms with Crippen molar-refractivity contribution in [2.45, 2.75) is 58.8 Å². The second-order valence-electron chi connectivity index (χ2n) is 7.87. The predicted molar refractivity (Wildman–Crippen MR) is 121 cm³/mol. The van der Waals surface area contributed by atoms with Gasteiger partial charge in [-0.1, -0.05) is 43.7 Å². The standard InChI is InChI=1S/C24H31NO4S/c1-4-29-24(27)22-19(18-14-16(2)10-12-20(18)28-3)15-30-23(22)25-21(26)13-11-17-8-6-5-7-9-17/h10,12,14-15,17H,4-9,11,13H2,1-3H3,(H,25,26). The van der Waals surface area contributed by atoms with Crippen LogP contribution in [0.1, 0.15) is 67.8 Å². The van der Waals surface area contributed by atoms with E-state index in [-0.39, 0.29) is 12.5 Å². The molecule has 3 rings (SSSR count). The minimum Gasteiger partial charge on any atom is -0.496 e. The fraction of sp³-hybridized carbons (Fsp3) is 0.500. The van der Waals surface area contributed by atoms with Crippen molar-refractivity contribution < 1.29 is 19.1 Å². The van der Waals surface area contributed by atoms with Crippen molar-refractivity contribution in [3.8, 4) is 16.9 Å². The van der Waals surface area contributed by atoms with Crippen LogP contribution >= 0.6 is 11.3 Å². The molecule has 0 bridgehead atoms. The first-order chi connectivity index (χ1) is 14.5. The highest BCUT2D eigenvalue weighted by molar-refractivity contribution is 7.15. The maximum absolute atomic E-state index is 12.8. The quantitative estimate of drug-likeness (QED) is 0.507. The lowest BCUT2D eigenvalue weighted by atomic mass is 9.86. The normalized spacial score (nSPS) is 14.4. The number of thiophene rings is 1. The molecule has 6 heteroatoms. The van der Waals surface area contributed by atoms with E-state index < -0.39 is 5.97 Å². The maximum Gasteiger partial charge on any atom is 0.341 e. The van der Waals surface area contributed by atoms with Gasteiger partial charge in [-0.05, 0) is 38.3 Å². The molecular formula is C24H31NO4S. The Kier molecular flexibility index (Phi) is 7.91. The molecule has 1 heterocycles. The minimum absolute atomic E-state index is 0.0456. The molecule has 1 fully saturated rings. The summed E-state index contributed by atoms with van der Waals surface area (Å²) in [6.45, 7) is 4.04. The highest BCUT2D eigenvalue weighted by Crippen LogP contribution is 2.41. The summed E-state index contributed by atoms with van der Waals surface area (Å²) >= 11 is 1.35. The highest BCUT2D eigenvalue weighted by atomic mass is 32.1. The van der Waals surface area contributed by atoms with Gasteiger partial charge < -0.3 is 14.8 Å². The molecule has 30 heavy (non-hydrogen) atoms. The molecule has 162 valence electrons. The number of hydrogen-bond donors (Lipinski definition) is 1. The topological polar surface area (TPSA) is 64.6 Å². The van der Waals surface area contributed by atoms with Crippen molar-refractivity contribution in [1.82, 2.24) is 0 Å². The Morgan fingerprint density at radius 2 is 1.93 bits per heavy atom. The van der Waals surface area contributed by atoms with Crippen molar-refractivity contribution in [3.05, 3.63) is 34.7 Å². The fourth-order valence-corrected chi connectivity index (χ4v) is 5.05. The van der Waals surface area contributed by atoms with Crippen molar-refractivity contribution >= 4 is 28.2 Å². The molecular weight excluding hydrogens is 398 g/mol. The Balaban J connectivity index is 1.83. The summed E-state index contributed by atoms with van der Waals surface area (Å²) in [4.78, 5) is 25.4. The summed E-state index contributed by atoms with van der Waals surface area (Å²) in [6, 6.07) is 5.84. The van der Waals surface area contributed by atoms with E-state index in [1.165, 1.54) is 43.4 Å². The number of esters is 1. The number of carbonyl (C=O) groups is 2. The summed E-state index contributed by atoms with van der Waals surface area (Å²) < 4.78 is 10.8. The Hall–Kier alpha value is -2.34. The third kappa shape index (κ3) is 5.42. The van der Waals surface area contributed by atoms with Crippen LogP contribution in [0.25, 0.3) is 11.1 Å². The van der Waals surface area contributed by atoms with Gasteiger partial charge in [0.05, 0.1) is 13.7 Å². The molecule has 0 saturated heterocycles. The molecule has 1 N–H and O–H groups in total. The Labute approximate surface area is 182 Å². The van der Waals surface area contributed by atoms with E-state index in [0.717, 1.165) is 23.1 Å². The van der Waals surface area contributed by atoms with Crippen LogP contribution in [-0.4, -0.2) is 25.6 Å². The molecule has 0 radical (unpaired) electrons. The van der Waals surface area contributed by atoms with Gasteiger partial charge in [-0.25, -0.2) is 4.79 Å². The number of anilines is 1.